The Labute approximate surface area is 213 Å². The average molecular weight is 614 g/mol. The Morgan fingerprint density at radius 3 is 2.26 bits per heavy atom. The van der Waals surface area contributed by atoms with Crippen LogP contribution in [0.1, 0.15) is 5.56 Å². The van der Waals surface area contributed by atoms with Gasteiger partial charge < -0.3 is 9.97 Å². The van der Waals surface area contributed by atoms with Gasteiger partial charge >= 0.3 is 20.1 Å². The van der Waals surface area contributed by atoms with Crippen molar-refractivity contribution < 1.29 is 20.1 Å². The van der Waals surface area contributed by atoms with Crippen molar-refractivity contribution in [2.75, 3.05) is 0 Å². The van der Waals surface area contributed by atoms with Gasteiger partial charge in [-0.25, -0.2) is 11.1 Å². The zero-order chi connectivity index (χ0) is 22.5. The third kappa shape index (κ3) is 5.28. The molecule has 3 heteroatoms. The summed E-state index contributed by atoms with van der Waals surface area (Å²) in [6.45, 7) is 2.08. The van der Waals surface area contributed by atoms with E-state index in [1.54, 1.807) is 6.20 Å². The third-order valence-corrected chi connectivity index (χ3v) is 5.48. The van der Waals surface area contributed by atoms with Crippen LogP contribution in [0.2, 0.25) is 0 Å². The van der Waals surface area contributed by atoms with Gasteiger partial charge in [0, 0.05) is 6.20 Å². The molecule has 0 aliphatic rings. The van der Waals surface area contributed by atoms with Gasteiger partial charge in [-0.15, -0.1) is 41.3 Å². The molecule has 0 atom stereocenters. The summed E-state index contributed by atoms with van der Waals surface area (Å²) in [7, 11) is 0. The van der Waals surface area contributed by atoms with Crippen LogP contribution < -0.4 is 0 Å². The second-order valence-corrected chi connectivity index (χ2v) is 7.79. The van der Waals surface area contributed by atoms with E-state index in [2.05, 4.69) is 89.8 Å². The van der Waals surface area contributed by atoms with Gasteiger partial charge in [-0.05, 0) is 24.1 Å². The fourth-order valence-electron chi connectivity index (χ4n) is 3.82. The van der Waals surface area contributed by atoms with E-state index in [-0.39, 0.29) is 20.1 Å². The normalized spacial score (nSPS) is 10.3. The SMILES string of the molecule is Cc1ccnc(-c2[c-]cc3c(ccc4ccccc43)c2)c1.[Ir+3].[c-]1ccccc1-c1[c-]nccc1. The van der Waals surface area contributed by atoms with Gasteiger partial charge in [0.15, 0.2) is 0 Å². The van der Waals surface area contributed by atoms with E-state index in [0.29, 0.717) is 0 Å². The number of nitrogens with zero attached hydrogens (tertiary/aromatic N) is 2. The fourth-order valence-corrected chi connectivity index (χ4v) is 3.82. The average Bonchev–Trinajstić information content (AvgIpc) is 2.90. The van der Waals surface area contributed by atoms with E-state index in [0.717, 1.165) is 22.4 Å². The predicted molar refractivity (Wildman–Crippen MR) is 136 cm³/mol. The minimum Gasteiger partial charge on any atom is -0.371 e. The van der Waals surface area contributed by atoms with E-state index >= 15 is 0 Å². The van der Waals surface area contributed by atoms with Crippen LogP contribution in [-0.2, 0) is 20.1 Å². The molecule has 6 rings (SSSR count). The topological polar surface area (TPSA) is 25.8 Å². The van der Waals surface area contributed by atoms with E-state index < -0.39 is 0 Å². The van der Waals surface area contributed by atoms with Crippen molar-refractivity contribution in [3.05, 3.63) is 133 Å². The number of benzene rings is 4. The van der Waals surface area contributed by atoms with E-state index in [4.69, 9.17) is 0 Å². The van der Waals surface area contributed by atoms with Gasteiger partial charge in [0.25, 0.3) is 0 Å². The maximum Gasteiger partial charge on any atom is 3.00 e. The first-order valence-corrected chi connectivity index (χ1v) is 10.8. The van der Waals surface area contributed by atoms with Crippen molar-refractivity contribution in [3.63, 3.8) is 0 Å². The molecule has 34 heavy (non-hydrogen) atoms. The quantitative estimate of drug-likeness (QED) is 0.149. The molecule has 4 aromatic carbocycles. The molecule has 0 aliphatic heterocycles. The van der Waals surface area contributed by atoms with Crippen LogP contribution in [0.4, 0.5) is 0 Å². The van der Waals surface area contributed by atoms with Gasteiger partial charge in [-0.2, -0.15) is 30.3 Å². The number of aryl methyl sites for hydroxylation is 1. The molecule has 164 valence electrons. The zero-order valence-electron chi connectivity index (χ0n) is 18.6. The number of aromatic nitrogens is 2. The molecule has 2 nitrogen and oxygen atoms in total. The van der Waals surface area contributed by atoms with E-state index in [1.165, 1.54) is 27.1 Å². The van der Waals surface area contributed by atoms with Crippen molar-refractivity contribution >= 4 is 21.5 Å². The maximum atomic E-state index is 4.45. The Hall–Kier alpha value is -3.65. The van der Waals surface area contributed by atoms with Crippen molar-refractivity contribution in [1.29, 1.82) is 0 Å². The molecule has 0 saturated heterocycles. The molecule has 0 unspecified atom stereocenters. The zero-order valence-corrected chi connectivity index (χ0v) is 21.0. The molecule has 0 amide bonds. The molecule has 2 heterocycles. The van der Waals surface area contributed by atoms with Gasteiger partial charge in [0.1, 0.15) is 0 Å². The number of hydrogen-bond donors (Lipinski definition) is 0. The smallest absolute Gasteiger partial charge is 0.371 e. The minimum atomic E-state index is 0. The summed E-state index contributed by atoms with van der Waals surface area (Å²) in [4.78, 5) is 8.36. The van der Waals surface area contributed by atoms with Crippen LogP contribution in [-0.4, -0.2) is 9.97 Å². The van der Waals surface area contributed by atoms with Gasteiger partial charge in [0.2, 0.25) is 0 Å². The molecule has 0 aliphatic carbocycles. The van der Waals surface area contributed by atoms with Crippen molar-refractivity contribution in [1.82, 2.24) is 9.97 Å². The molecule has 0 N–H and O–H groups in total. The summed E-state index contributed by atoms with van der Waals surface area (Å²) < 4.78 is 0. The summed E-state index contributed by atoms with van der Waals surface area (Å²) in [5.41, 5.74) is 5.25. The van der Waals surface area contributed by atoms with Crippen molar-refractivity contribution in [2.45, 2.75) is 6.92 Å². The van der Waals surface area contributed by atoms with Crippen LogP contribution in [0.25, 0.3) is 43.9 Å². The number of hydrogen-bond acceptors (Lipinski definition) is 2. The molecule has 0 fully saturated rings. The van der Waals surface area contributed by atoms with Crippen LogP contribution in [0.3, 0.4) is 0 Å². The number of pyridine rings is 2. The Morgan fingerprint density at radius 2 is 1.47 bits per heavy atom. The Morgan fingerprint density at radius 1 is 0.647 bits per heavy atom. The number of rotatable bonds is 2. The first-order chi connectivity index (χ1) is 16.3. The Bertz CT molecular complexity index is 1480. The summed E-state index contributed by atoms with van der Waals surface area (Å²) in [6, 6.07) is 39.3. The monoisotopic (exact) mass is 614 g/mol. The van der Waals surface area contributed by atoms with Crippen molar-refractivity contribution in [2.24, 2.45) is 0 Å². The van der Waals surface area contributed by atoms with Crippen LogP contribution in [0.5, 0.6) is 0 Å². The second kappa shape index (κ2) is 11.0. The van der Waals surface area contributed by atoms with Crippen LogP contribution >= 0.6 is 0 Å². The molecule has 6 aromatic rings. The van der Waals surface area contributed by atoms with Gasteiger partial charge in [-0.1, -0.05) is 71.2 Å². The third-order valence-electron chi connectivity index (χ3n) is 5.48. The Kier molecular flexibility index (Phi) is 7.59. The summed E-state index contributed by atoms with van der Waals surface area (Å²) in [5.74, 6) is 0. The second-order valence-electron chi connectivity index (χ2n) is 7.79. The predicted octanol–water partition coefficient (Wildman–Crippen LogP) is 7.51. The maximum absolute atomic E-state index is 4.45. The minimum absolute atomic E-state index is 0. The van der Waals surface area contributed by atoms with E-state index in [1.807, 2.05) is 48.7 Å². The van der Waals surface area contributed by atoms with Crippen LogP contribution in [0, 0.1) is 25.3 Å². The molecule has 2 aromatic heterocycles. The molecule has 0 spiro atoms. The molecule has 0 saturated carbocycles. The summed E-state index contributed by atoms with van der Waals surface area (Å²) in [5, 5.41) is 5.00. The largest absolute Gasteiger partial charge is 3.00 e. The Balaban J connectivity index is 0.000000180. The van der Waals surface area contributed by atoms with Crippen LogP contribution in [0.15, 0.2) is 109 Å². The van der Waals surface area contributed by atoms with Gasteiger partial charge in [-0.3, -0.25) is 0 Å². The molecule has 0 bridgehead atoms. The molecule has 0 radical (unpaired) electrons. The summed E-state index contributed by atoms with van der Waals surface area (Å²) in [6.07, 6.45) is 6.47. The van der Waals surface area contributed by atoms with Crippen molar-refractivity contribution in [3.8, 4) is 22.4 Å². The standard InChI is InChI=1S/C20H14N.C11H7N.Ir/c1-14-10-11-21-20(12-14)17-8-9-19-16(13-17)7-6-15-4-2-3-5-18(15)19;1-2-5-10(6-3-1)11-7-4-8-12-9-11;/h2-7,9-13H,1H3;1-5,7-8H;/q-1;-2;+3. The van der Waals surface area contributed by atoms with Gasteiger partial charge in [0.05, 0.1) is 0 Å². The first kappa shape index (κ1) is 23.5. The fraction of sp³-hybridized carbons (Fsp3) is 0.0323. The molecular weight excluding hydrogens is 593 g/mol. The van der Waals surface area contributed by atoms with E-state index in [9.17, 15) is 0 Å². The first-order valence-electron chi connectivity index (χ1n) is 10.8. The molecular formula is C31H21IrN2. The summed E-state index contributed by atoms with van der Waals surface area (Å²) >= 11 is 0. The number of fused-ring (bicyclic) bond motifs is 3.